The molecule has 0 saturated heterocycles. The molecule has 0 spiro atoms. The molecular formula is C16H18N8O4S. The first kappa shape index (κ1) is 21.2. The highest BCUT2D eigenvalue weighted by Crippen LogP contribution is 2.24. The Balaban J connectivity index is 2.16. The molecule has 0 aliphatic rings. The van der Waals surface area contributed by atoms with Crippen molar-refractivity contribution in [1.29, 1.82) is 0 Å². The highest BCUT2D eigenvalue weighted by molar-refractivity contribution is 7.91. The number of amides is 4. The Morgan fingerprint density at radius 2 is 0.966 bits per heavy atom. The van der Waals surface area contributed by atoms with Crippen LogP contribution in [0.15, 0.2) is 68.3 Å². The van der Waals surface area contributed by atoms with Crippen molar-refractivity contribution >= 4 is 45.2 Å². The van der Waals surface area contributed by atoms with Crippen molar-refractivity contribution in [3.05, 3.63) is 48.5 Å². The van der Waals surface area contributed by atoms with Gasteiger partial charge in [0.1, 0.15) is 0 Å². The Kier molecular flexibility index (Phi) is 6.36. The summed E-state index contributed by atoms with van der Waals surface area (Å²) in [5.74, 6) is -0.806. The molecule has 2 rings (SSSR count). The summed E-state index contributed by atoms with van der Waals surface area (Å²) in [5.41, 5.74) is 21.0. The van der Waals surface area contributed by atoms with Crippen LogP contribution in [0.4, 0.5) is 21.0 Å². The topological polar surface area (TPSA) is 221 Å². The van der Waals surface area contributed by atoms with Gasteiger partial charge in [0, 0.05) is 11.4 Å². The molecule has 0 atom stereocenters. The second-order valence-electron chi connectivity index (χ2n) is 5.49. The number of hydrogen-bond acceptors (Lipinski definition) is 4. The fourth-order valence-corrected chi connectivity index (χ4v) is 3.37. The van der Waals surface area contributed by atoms with E-state index in [0.29, 0.717) is 11.4 Å². The number of anilines is 2. The van der Waals surface area contributed by atoms with Crippen LogP contribution in [0.1, 0.15) is 0 Å². The third-order valence-electron chi connectivity index (χ3n) is 3.29. The third kappa shape index (κ3) is 5.93. The molecule has 152 valence electrons. The van der Waals surface area contributed by atoms with E-state index in [2.05, 4.69) is 20.6 Å². The largest absolute Gasteiger partial charge is 0.370 e. The number of aliphatic imine (C=N–C) groups is 2. The second kappa shape index (κ2) is 8.71. The van der Waals surface area contributed by atoms with Gasteiger partial charge in [-0.05, 0) is 48.5 Å². The van der Waals surface area contributed by atoms with E-state index >= 15 is 0 Å². The molecule has 0 aliphatic heterocycles. The van der Waals surface area contributed by atoms with E-state index in [0.717, 1.165) is 0 Å². The highest BCUT2D eigenvalue weighted by atomic mass is 32.2. The Morgan fingerprint density at radius 3 is 1.24 bits per heavy atom. The standard InChI is InChI=1S/C16H18N8O4S/c17-13(18)23-15(25)21-9-1-5-11(6-2-9)29(27,28)12-7-3-10(4-8-12)22-16(26)24-14(19)20/h1-8H,(H5,17,18,21,23,25)(H5,19,20,22,24,26). The summed E-state index contributed by atoms with van der Waals surface area (Å²) < 4.78 is 25.4. The van der Waals surface area contributed by atoms with E-state index in [1.165, 1.54) is 48.5 Å². The minimum atomic E-state index is -3.83. The van der Waals surface area contributed by atoms with E-state index in [-0.39, 0.29) is 9.79 Å². The molecule has 0 aromatic heterocycles. The first-order valence-electron chi connectivity index (χ1n) is 7.84. The van der Waals surface area contributed by atoms with Crippen molar-refractivity contribution in [2.45, 2.75) is 9.79 Å². The van der Waals surface area contributed by atoms with Gasteiger partial charge < -0.3 is 33.6 Å². The molecule has 29 heavy (non-hydrogen) atoms. The number of carbonyl (C=O) groups is 2. The molecular weight excluding hydrogens is 400 g/mol. The molecule has 0 unspecified atom stereocenters. The Hall–Kier alpha value is -4.13. The SMILES string of the molecule is NC(N)=NC(=O)Nc1ccc(S(=O)(=O)c2ccc(NC(=O)N=C(N)N)cc2)cc1. The minimum absolute atomic E-state index is 0.00497. The van der Waals surface area contributed by atoms with Crippen LogP contribution in [-0.4, -0.2) is 32.4 Å². The fourth-order valence-electron chi connectivity index (χ4n) is 2.11. The van der Waals surface area contributed by atoms with E-state index < -0.39 is 33.8 Å². The van der Waals surface area contributed by atoms with Gasteiger partial charge in [-0.2, -0.15) is 9.98 Å². The number of rotatable bonds is 4. The molecule has 12 nitrogen and oxygen atoms in total. The summed E-state index contributed by atoms with van der Waals surface area (Å²) in [6, 6.07) is 9.22. The predicted octanol–water partition coefficient (Wildman–Crippen LogP) is 0.130. The summed E-state index contributed by atoms with van der Waals surface area (Å²) in [6.07, 6.45) is 0. The van der Waals surface area contributed by atoms with E-state index in [9.17, 15) is 18.0 Å². The van der Waals surface area contributed by atoms with Crippen LogP contribution in [0.5, 0.6) is 0 Å². The molecule has 0 fully saturated rings. The maximum absolute atomic E-state index is 12.7. The van der Waals surface area contributed by atoms with Gasteiger partial charge in [0.2, 0.25) is 9.84 Å². The summed E-state index contributed by atoms with van der Waals surface area (Å²) in [7, 11) is -3.83. The molecule has 0 bridgehead atoms. The van der Waals surface area contributed by atoms with Crippen LogP contribution < -0.4 is 33.6 Å². The molecule has 0 saturated carbocycles. The molecule has 0 heterocycles. The average Bonchev–Trinajstić information content (AvgIpc) is 2.61. The third-order valence-corrected chi connectivity index (χ3v) is 5.08. The lowest BCUT2D eigenvalue weighted by Crippen LogP contribution is -2.25. The Bertz CT molecular complexity index is 987. The molecule has 0 radical (unpaired) electrons. The molecule has 2 aromatic rings. The summed E-state index contributed by atoms with van der Waals surface area (Å²) >= 11 is 0. The minimum Gasteiger partial charge on any atom is -0.370 e. The molecule has 10 N–H and O–H groups in total. The quantitative estimate of drug-likeness (QED) is 0.295. The van der Waals surface area contributed by atoms with E-state index in [1.807, 2.05) is 0 Å². The van der Waals surface area contributed by atoms with Crippen LogP contribution in [0.25, 0.3) is 0 Å². The molecule has 13 heteroatoms. The first-order valence-corrected chi connectivity index (χ1v) is 9.32. The van der Waals surface area contributed by atoms with Crippen LogP contribution in [0, 0.1) is 0 Å². The number of nitrogens with two attached hydrogens (primary N) is 4. The van der Waals surface area contributed by atoms with Crippen molar-refractivity contribution in [3.8, 4) is 0 Å². The van der Waals surface area contributed by atoms with E-state index in [1.54, 1.807) is 0 Å². The number of carbonyl (C=O) groups excluding carboxylic acids is 2. The summed E-state index contributed by atoms with van der Waals surface area (Å²) in [6.45, 7) is 0. The predicted molar refractivity (Wildman–Crippen MR) is 108 cm³/mol. The van der Waals surface area contributed by atoms with Gasteiger partial charge in [0.15, 0.2) is 11.9 Å². The van der Waals surface area contributed by atoms with Crippen molar-refractivity contribution < 1.29 is 18.0 Å². The fraction of sp³-hybridized carbons (Fsp3) is 0. The van der Waals surface area contributed by atoms with Crippen LogP contribution >= 0.6 is 0 Å². The van der Waals surface area contributed by atoms with Crippen molar-refractivity contribution in [2.24, 2.45) is 32.9 Å². The lowest BCUT2D eigenvalue weighted by molar-refractivity contribution is 0.258. The van der Waals surface area contributed by atoms with Gasteiger partial charge >= 0.3 is 12.1 Å². The van der Waals surface area contributed by atoms with Gasteiger partial charge in [-0.15, -0.1) is 0 Å². The monoisotopic (exact) mass is 418 g/mol. The zero-order valence-corrected chi connectivity index (χ0v) is 15.7. The second-order valence-corrected chi connectivity index (χ2v) is 7.44. The maximum atomic E-state index is 12.7. The average molecular weight is 418 g/mol. The number of nitrogens with one attached hydrogen (secondary N) is 2. The van der Waals surface area contributed by atoms with Gasteiger partial charge in [-0.1, -0.05) is 0 Å². The van der Waals surface area contributed by atoms with Crippen LogP contribution in [-0.2, 0) is 9.84 Å². The normalized spacial score (nSPS) is 10.5. The van der Waals surface area contributed by atoms with Crippen molar-refractivity contribution in [2.75, 3.05) is 10.6 Å². The molecule has 4 amide bonds. The van der Waals surface area contributed by atoms with E-state index in [4.69, 9.17) is 22.9 Å². The van der Waals surface area contributed by atoms with Gasteiger partial charge in [-0.3, -0.25) is 0 Å². The van der Waals surface area contributed by atoms with Gasteiger partial charge in [0.05, 0.1) is 9.79 Å². The Labute approximate surface area is 165 Å². The number of nitrogens with zero attached hydrogens (tertiary/aromatic N) is 2. The Morgan fingerprint density at radius 1 is 0.655 bits per heavy atom. The smallest absolute Gasteiger partial charge is 0.348 e. The van der Waals surface area contributed by atoms with Crippen LogP contribution in [0.2, 0.25) is 0 Å². The summed E-state index contributed by atoms with van der Waals surface area (Å²) in [5, 5.41) is 4.76. The number of hydrogen-bond donors (Lipinski definition) is 6. The number of urea groups is 2. The molecule has 2 aromatic carbocycles. The highest BCUT2D eigenvalue weighted by Gasteiger charge is 2.18. The zero-order valence-electron chi connectivity index (χ0n) is 14.9. The van der Waals surface area contributed by atoms with Crippen LogP contribution in [0.3, 0.4) is 0 Å². The van der Waals surface area contributed by atoms with Gasteiger partial charge in [0.25, 0.3) is 0 Å². The maximum Gasteiger partial charge on any atom is 0.348 e. The number of guanidine groups is 2. The summed E-state index contributed by atoms with van der Waals surface area (Å²) in [4.78, 5) is 29.5. The number of benzene rings is 2. The van der Waals surface area contributed by atoms with Crippen molar-refractivity contribution in [1.82, 2.24) is 0 Å². The lowest BCUT2D eigenvalue weighted by Gasteiger charge is -2.08. The molecule has 0 aliphatic carbocycles. The van der Waals surface area contributed by atoms with Gasteiger partial charge in [-0.25, -0.2) is 18.0 Å². The zero-order chi connectivity index (χ0) is 21.6. The first-order chi connectivity index (χ1) is 13.6. The number of sulfone groups is 1. The lowest BCUT2D eigenvalue weighted by atomic mass is 10.3. The van der Waals surface area contributed by atoms with Crippen molar-refractivity contribution in [3.63, 3.8) is 0 Å².